The molecule has 0 saturated carbocycles. The maximum Gasteiger partial charge on any atom is 0.00109 e. The van der Waals surface area contributed by atoms with Crippen LogP contribution in [0.4, 0.5) is 0 Å². The van der Waals surface area contributed by atoms with Crippen molar-refractivity contribution in [3.63, 3.8) is 0 Å². The molecule has 0 aliphatic carbocycles. The van der Waals surface area contributed by atoms with Gasteiger partial charge in [0.25, 0.3) is 0 Å². The van der Waals surface area contributed by atoms with Gasteiger partial charge in [-0.25, -0.2) is 0 Å². The van der Waals surface area contributed by atoms with Crippen LogP contribution in [0, 0.1) is 0 Å². The SMILES string of the molecule is C/C=S(\C)c1ccccc1. The Hall–Kier alpha value is -0.560. The summed E-state index contributed by atoms with van der Waals surface area (Å²) in [5.74, 6) is 0. The predicted molar refractivity (Wildman–Crippen MR) is 50.0 cm³/mol. The first-order chi connectivity index (χ1) is 4.84. The van der Waals surface area contributed by atoms with Crippen molar-refractivity contribution in [3.8, 4) is 0 Å². The molecule has 10 heavy (non-hydrogen) atoms. The van der Waals surface area contributed by atoms with Crippen LogP contribution in [0.1, 0.15) is 6.92 Å². The molecule has 0 spiro atoms. The van der Waals surface area contributed by atoms with Crippen LogP contribution in [-0.4, -0.2) is 11.6 Å². The fourth-order valence-electron chi connectivity index (χ4n) is 0.771. The Morgan fingerprint density at radius 1 is 1.20 bits per heavy atom. The monoisotopic (exact) mass is 152 g/mol. The lowest BCUT2D eigenvalue weighted by molar-refractivity contribution is 1.47. The van der Waals surface area contributed by atoms with Crippen LogP contribution in [0.3, 0.4) is 0 Å². The lowest BCUT2D eigenvalue weighted by Crippen LogP contribution is -1.71. The summed E-state index contributed by atoms with van der Waals surface area (Å²) >= 11 is 0. The number of hydrogen-bond donors (Lipinski definition) is 0. The molecule has 0 aliphatic rings. The third-order valence-corrected chi connectivity index (χ3v) is 3.19. The molecule has 0 saturated heterocycles. The van der Waals surface area contributed by atoms with E-state index < -0.39 is 0 Å². The molecular formula is C9H12S. The van der Waals surface area contributed by atoms with Crippen LogP contribution in [0.2, 0.25) is 0 Å². The second kappa shape index (κ2) is 3.57. The summed E-state index contributed by atoms with van der Waals surface area (Å²) in [7, 11) is 0.335. The van der Waals surface area contributed by atoms with Gasteiger partial charge >= 0.3 is 0 Å². The molecular weight excluding hydrogens is 140 g/mol. The summed E-state index contributed by atoms with van der Waals surface area (Å²) in [4.78, 5) is 1.42. The standard InChI is InChI=1S/C9H12S/c1-3-10(2)9-7-5-4-6-8-9/h3-8H,1-2H3. The summed E-state index contributed by atoms with van der Waals surface area (Å²) in [5.41, 5.74) is 0. The molecule has 54 valence electrons. The smallest absolute Gasteiger partial charge is 0.00109 e. The Balaban J connectivity index is 2.96. The first-order valence-corrected chi connectivity index (χ1v) is 5.03. The molecule has 1 rings (SSSR count). The largest absolute Gasteiger partial charge is 0.162 e. The number of rotatable bonds is 1. The Morgan fingerprint density at radius 3 is 2.30 bits per heavy atom. The highest BCUT2D eigenvalue weighted by Gasteiger charge is 1.87. The number of benzene rings is 1. The van der Waals surface area contributed by atoms with Crippen molar-refractivity contribution in [3.05, 3.63) is 30.3 Å². The minimum atomic E-state index is 0.335. The van der Waals surface area contributed by atoms with E-state index in [2.05, 4.69) is 48.9 Å². The summed E-state index contributed by atoms with van der Waals surface area (Å²) < 4.78 is 0. The van der Waals surface area contributed by atoms with E-state index in [9.17, 15) is 0 Å². The molecule has 0 aliphatic heterocycles. The van der Waals surface area contributed by atoms with E-state index in [4.69, 9.17) is 0 Å². The van der Waals surface area contributed by atoms with Crippen molar-refractivity contribution >= 4 is 15.9 Å². The van der Waals surface area contributed by atoms with E-state index >= 15 is 0 Å². The second-order valence-electron chi connectivity index (χ2n) is 2.11. The van der Waals surface area contributed by atoms with Crippen molar-refractivity contribution in [2.75, 3.05) is 6.26 Å². The average molecular weight is 152 g/mol. The fraction of sp³-hybridized carbons (Fsp3) is 0.222. The Kier molecular flexibility index (Phi) is 2.69. The summed E-state index contributed by atoms with van der Waals surface area (Å²) in [5, 5.41) is 2.23. The minimum Gasteiger partial charge on any atom is -0.162 e. The van der Waals surface area contributed by atoms with Gasteiger partial charge in [-0.15, -0.1) is 0 Å². The molecule has 1 heteroatoms. The van der Waals surface area contributed by atoms with Gasteiger partial charge in [0.1, 0.15) is 0 Å². The van der Waals surface area contributed by atoms with Gasteiger partial charge in [0.2, 0.25) is 0 Å². The average Bonchev–Trinajstić information content (AvgIpc) is 2.05. The number of hydrogen-bond acceptors (Lipinski definition) is 0. The van der Waals surface area contributed by atoms with E-state index in [1.54, 1.807) is 0 Å². The van der Waals surface area contributed by atoms with E-state index in [0.717, 1.165) is 0 Å². The molecule has 1 aromatic carbocycles. The molecule has 0 amide bonds. The molecule has 0 bridgehead atoms. The van der Waals surface area contributed by atoms with Crippen LogP contribution in [-0.2, 0) is 0 Å². The molecule has 0 nitrogen and oxygen atoms in total. The third kappa shape index (κ3) is 1.71. The van der Waals surface area contributed by atoms with Crippen molar-refractivity contribution in [2.45, 2.75) is 11.8 Å². The second-order valence-corrected chi connectivity index (χ2v) is 4.16. The minimum absolute atomic E-state index is 0.335. The maximum absolute atomic E-state index is 2.23. The predicted octanol–water partition coefficient (Wildman–Crippen LogP) is 2.77. The molecule has 1 aromatic rings. The highest BCUT2D eigenvalue weighted by Crippen LogP contribution is 2.20. The summed E-state index contributed by atoms with van der Waals surface area (Å²) in [6, 6.07) is 10.6. The van der Waals surface area contributed by atoms with Gasteiger partial charge in [-0.3, -0.25) is 0 Å². The van der Waals surface area contributed by atoms with Crippen LogP contribution >= 0.6 is 10.5 Å². The van der Waals surface area contributed by atoms with Crippen molar-refractivity contribution in [1.82, 2.24) is 0 Å². The van der Waals surface area contributed by atoms with Gasteiger partial charge in [-0.1, -0.05) is 23.6 Å². The third-order valence-electron chi connectivity index (χ3n) is 1.47. The lowest BCUT2D eigenvalue weighted by Gasteiger charge is -1.99. The van der Waals surface area contributed by atoms with Gasteiger partial charge in [-0.05, 0) is 25.3 Å². The van der Waals surface area contributed by atoms with E-state index in [1.807, 2.05) is 0 Å². The first kappa shape index (κ1) is 7.55. The van der Waals surface area contributed by atoms with Gasteiger partial charge in [-0.2, -0.15) is 10.5 Å². The Morgan fingerprint density at radius 2 is 1.80 bits per heavy atom. The van der Waals surface area contributed by atoms with Crippen LogP contribution in [0.25, 0.3) is 0 Å². The van der Waals surface area contributed by atoms with Crippen molar-refractivity contribution in [2.24, 2.45) is 0 Å². The highest BCUT2D eigenvalue weighted by molar-refractivity contribution is 8.14. The van der Waals surface area contributed by atoms with Gasteiger partial charge < -0.3 is 0 Å². The molecule has 0 radical (unpaired) electrons. The molecule has 0 N–H and O–H groups in total. The van der Waals surface area contributed by atoms with Crippen molar-refractivity contribution in [1.29, 1.82) is 0 Å². The van der Waals surface area contributed by atoms with Crippen LogP contribution in [0.15, 0.2) is 35.2 Å². The zero-order valence-electron chi connectivity index (χ0n) is 6.37. The summed E-state index contributed by atoms with van der Waals surface area (Å²) in [6.07, 6.45) is 2.23. The lowest BCUT2D eigenvalue weighted by atomic mass is 10.4. The fourth-order valence-corrected chi connectivity index (χ4v) is 1.63. The van der Waals surface area contributed by atoms with Crippen LogP contribution < -0.4 is 0 Å². The van der Waals surface area contributed by atoms with Crippen molar-refractivity contribution < 1.29 is 0 Å². The Bertz CT molecular complexity index is 224. The molecule has 1 unspecified atom stereocenters. The van der Waals surface area contributed by atoms with Gasteiger partial charge in [0, 0.05) is 4.90 Å². The molecule has 0 aromatic heterocycles. The van der Waals surface area contributed by atoms with E-state index in [1.165, 1.54) is 4.90 Å². The first-order valence-electron chi connectivity index (χ1n) is 3.34. The highest BCUT2D eigenvalue weighted by atomic mass is 32.2. The van der Waals surface area contributed by atoms with E-state index in [0.29, 0.717) is 10.5 Å². The van der Waals surface area contributed by atoms with Gasteiger partial charge in [0.05, 0.1) is 0 Å². The quantitative estimate of drug-likeness (QED) is 0.543. The Labute approximate surface area is 64.8 Å². The zero-order chi connectivity index (χ0) is 7.40. The molecule has 1 atom stereocenters. The zero-order valence-corrected chi connectivity index (χ0v) is 7.19. The normalized spacial score (nSPS) is 13.4. The summed E-state index contributed by atoms with van der Waals surface area (Å²) in [6.45, 7) is 2.11. The van der Waals surface area contributed by atoms with Crippen LogP contribution in [0.5, 0.6) is 0 Å². The molecule has 0 fully saturated rings. The topological polar surface area (TPSA) is 0 Å². The molecule has 0 heterocycles. The van der Waals surface area contributed by atoms with E-state index in [-0.39, 0.29) is 0 Å². The maximum atomic E-state index is 2.23. The van der Waals surface area contributed by atoms with Gasteiger partial charge in [0.15, 0.2) is 0 Å².